The number of hydrogen-bond donors (Lipinski definition) is 3. The molecule has 19 heavy (non-hydrogen) atoms. The Morgan fingerprint density at radius 2 is 2.16 bits per heavy atom. The molecule has 1 heterocycles. The number of nitrogens with zero attached hydrogens (tertiary/aromatic N) is 1. The van der Waals surface area contributed by atoms with Gasteiger partial charge in [0.2, 0.25) is 0 Å². The van der Waals surface area contributed by atoms with Crippen molar-refractivity contribution in [3.8, 4) is 5.75 Å². The number of aromatic hydroxyl groups is 1. The molecule has 0 saturated heterocycles. The second-order valence-electron chi connectivity index (χ2n) is 4.23. The number of benzene rings is 1. The van der Waals surface area contributed by atoms with Gasteiger partial charge < -0.3 is 16.2 Å². The highest BCUT2D eigenvalue weighted by atomic mass is 16.3. The van der Waals surface area contributed by atoms with Crippen LogP contribution < -0.4 is 11.1 Å². The standard InChI is InChI=1S/C14H15N3O2/c1-9-2-4-12(18)11(6-9)14(19)17-13-5-3-10(7-15)8-16-13/h2-6,8,18H,7,15H2,1H3,(H,16,17,19). The summed E-state index contributed by atoms with van der Waals surface area (Å²) in [6.07, 6.45) is 1.60. The maximum atomic E-state index is 12.0. The van der Waals surface area contributed by atoms with E-state index in [0.29, 0.717) is 12.4 Å². The first-order chi connectivity index (χ1) is 9.10. The van der Waals surface area contributed by atoms with Crippen LogP contribution in [0.5, 0.6) is 5.75 Å². The highest BCUT2D eigenvalue weighted by molar-refractivity contribution is 6.05. The summed E-state index contributed by atoms with van der Waals surface area (Å²) in [5.41, 5.74) is 7.48. The third-order valence-electron chi connectivity index (χ3n) is 2.70. The third kappa shape index (κ3) is 3.08. The van der Waals surface area contributed by atoms with Crippen LogP contribution in [0.4, 0.5) is 5.82 Å². The summed E-state index contributed by atoms with van der Waals surface area (Å²) in [5.74, 6) is -0.0287. The number of rotatable bonds is 3. The predicted octanol–water partition coefficient (Wildman–Crippen LogP) is 1.81. The van der Waals surface area contributed by atoms with Crippen molar-refractivity contribution < 1.29 is 9.90 Å². The number of aromatic nitrogens is 1. The van der Waals surface area contributed by atoms with Gasteiger partial charge in [0.25, 0.3) is 5.91 Å². The summed E-state index contributed by atoms with van der Waals surface area (Å²) in [4.78, 5) is 16.1. The number of phenols is 1. The molecule has 0 saturated carbocycles. The number of nitrogens with two attached hydrogens (primary N) is 1. The molecule has 4 N–H and O–H groups in total. The van der Waals surface area contributed by atoms with Gasteiger partial charge in [0.15, 0.2) is 0 Å². The first kappa shape index (κ1) is 13.0. The Bertz CT molecular complexity index is 594. The fraction of sp³-hybridized carbons (Fsp3) is 0.143. The number of phenolic OH excluding ortho intramolecular Hbond substituents is 1. The van der Waals surface area contributed by atoms with Gasteiger partial charge in [-0.1, -0.05) is 17.7 Å². The van der Waals surface area contributed by atoms with Crippen LogP contribution in [0.2, 0.25) is 0 Å². The van der Waals surface area contributed by atoms with Crippen molar-refractivity contribution in [3.63, 3.8) is 0 Å². The smallest absolute Gasteiger partial charge is 0.260 e. The molecule has 0 atom stereocenters. The lowest BCUT2D eigenvalue weighted by Crippen LogP contribution is -2.13. The van der Waals surface area contributed by atoms with E-state index in [1.807, 2.05) is 6.92 Å². The van der Waals surface area contributed by atoms with Gasteiger partial charge in [-0.15, -0.1) is 0 Å². The molecule has 0 aliphatic heterocycles. The summed E-state index contributed by atoms with van der Waals surface area (Å²) in [7, 11) is 0. The molecular formula is C14H15N3O2. The second kappa shape index (κ2) is 5.49. The lowest BCUT2D eigenvalue weighted by molar-refractivity contribution is 0.102. The number of anilines is 1. The van der Waals surface area contributed by atoms with Crippen LogP contribution in [-0.2, 0) is 6.54 Å². The fourth-order valence-corrected chi connectivity index (χ4v) is 1.63. The van der Waals surface area contributed by atoms with E-state index >= 15 is 0 Å². The SMILES string of the molecule is Cc1ccc(O)c(C(=O)Nc2ccc(CN)cn2)c1. The zero-order chi connectivity index (χ0) is 13.8. The summed E-state index contributed by atoms with van der Waals surface area (Å²) in [6, 6.07) is 8.32. The number of carbonyl (C=O) groups is 1. The molecule has 1 amide bonds. The molecule has 1 aromatic carbocycles. The molecule has 0 aliphatic carbocycles. The minimum absolute atomic E-state index is 0.0540. The number of hydrogen-bond acceptors (Lipinski definition) is 4. The second-order valence-corrected chi connectivity index (χ2v) is 4.23. The molecule has 2 rings (SSSR count). The molecule has 5 nitrogen and oxygen atoms in total. The van der Waals surface area contributed by atoms with E-state index in [-0.39, 0.29) is 11.3 Å². The van der Waals surface area contributed by atoms with Gasteiger partial charge in [0, 0.05) is 12.7 Å². The first-order valence-electron chi connectivity index (χ1n) is 5.86. The Kier molecular flexibility index (Phi) is 3.77. The maximum absolute atomic E-state index is 12.0. The normalized spacial score (nSPS) is 10.2. The number of amides is 1. The van der Waals surface area contributed by atoms with E-state index < -0.39 is 5.91 Å². The van der Waals surface area contributed by atoms with E-state index in [1.165, 1.54) is 6.07 Å². The Hall–Kier alpha value is -2.40. The van der Waals surface area contributed by atoms with Crippen molar-refractivity contribution in [2.45, 2.75) is 13.5 Å². The summed E-state index contributed by atoms with van der Waals surface area (Å²) < 4.78 is 0. The molecule has 0 fully saturated rings. The quantitative estimate of drug-likeness (QED) is 0.782. The van der Waals surface area contributed by atoms with Crippen LogP contribution in [0.25, 0.3) is 0 Å². The Labute approximate surface area is 111 Å². The minimum Gasteiger partial charge on any atom is -0.507 e. The molecule has 5 heteroatoms. The third-order valence-corrected chi connectivity index (χ3v) is 2.70. The molecule has 1 aromatic heterocycles. The minimum atomic E-state index is -0.394. The Morgan fingerprint density at radius 3 is 2.79 bits per heavy atom. The fourth-order valence-electron chi connectivity index (χ4n) is 1.63. The van der Waals surface area contributed by atoms with Crippen LogP contribution in [0.1, 0.15) is 21.5 Å². The van der Waals surface area contributed by atoms with Gasteiger partial charge in [0.05, 0.1) is 5.56 Å². The highest BCUT2D eigenvalue weighted by Crippen LogP contribution is 2.19. The molecular weight excluding hydrogens is 242 g/mol. The zero-order valence-corrected chi connectivity index (χ0v) is 10.6. The monoisotopic (exact) mass is 257 g/mol. The van der Waals surface area contributed by atoms with Gasteiger partial charge >= 0.3 is 0 Å². The van der Waals surface area contributed by atoms with Gasteiger partial charge in [0.1, 0.15) is 11.6 Å². The van der Waals surface area contributed by atoms with Crippen molar-refractivity contribution in [2.24, 2.45) is 5.73 Å². The highest BCUT2D eigenvalue weighted by Gasteiger charge is 2.11. The molecule has 98 valence electrons. The van der Waals surface area contributed by atoms with Gasteiger partial charge in [-0.3, -0.25) is 4.79 Å². The van der Waals surface area contributed by atoms with Crippen molar-refractivity contribution in [1.82, 2.24) is 4.98 Å². The number of pyridine rings is 1. The lowest BCUT2D eigenvalue weighted by atomic mass is 10.1. The summed E-state index contributed by atoms with van der Waals surface area (Å²) in [5, 5.41) is 12.3. The first-order valence-corrected chi connectivity index (χ1v) is 5.86. The molecule has 0 unspecified atom stereocenters. The molecule has 2 aromatic rings. The van der Waals surface area contributed by atoms with Crippen LogP contribution in [0.3, 0.4) is 0 Å². The van der Waals surface area contributed by atoms with Gasteiger partial charge in [-0.25, -0.2) is 4.98 Å². The van der Waals surface area contributed by atoms with Crippen LogP contribution >= 0.6 is 0 Å². The number of nitrogens with one attached hydrogen (secondary N) is 1. The number of aryl methyl sites for hydroxylation is 1. The lowest BCUT2D eigenvalue weighted by Gasteiger charge is -2.07. The largest absolute Gasteiger partial charge is 0.507 e. The van der Waals surface area contributed by atoms with E-state index in [4.69, 9.17) is 5.73 Å². The zero-order valence-electron chi connectivity index (χ0n) is 10.6. The molecule has 0 spiro atoms. The van der Waals surface area contributed by atoms with Crippen LogP contribution in [-0.4, -0.2) is 16.0 Å². The van der Waals surface area contributed by atoms with Crippen LogP contribution in [0.15, 0.2) is 36.5 Å². The topological polar surface area (TPSA) is 88.2 Å². The summed E-state index contributed by atoms with van der Waals surface area (Å²) in [6.45, 7) is 2.25. The molecule has 0 aliphatic rings. The van der Waals surface area contributed by atoms with Crippen LogP contribution in [0, 0.1) is 6.92 Å². The van der Waals surface area contributed by atoms with Crippen molar-refractivity contribution >= 4 is 11.7 Å². The van der Waals surface area contributed by atoms with E-state index in [0.717, 1.165) is 11.1 Å². The predicted molar refractivity (Wildman–Crippen MR) is 72.9 cm³/mol. The number of carbonyl (C=O) groups excluding carboxylic acids is 1. The molecule has 0 radical (unpaired) electrons. The Morgan fingerprint density at radius 1 is 1.37 bits per heavy atom. The Balaban J connectivity index is 2.18. The van der Waals surface area contributed by atoms with Crippen molar-refractivity contribution in [2.75, 3.05) is 5.32 Å². The van der Waals surface area contributed by atoms with E-state index in [1.54, 1.807) is 30.5 Å². The van der Waals surface area contributed by atoms with E-state index in [9.17, 15) is 9.90 Å². The average molecular weight is 257 g/mol. The van der Waals surface area contributed by atoms with Gasteiger partial charge in [-0.05, 0) is 30.7 Å². The van der Waals surface area contributed by atoms with E-state index in [2.05, 4.69) is 10.3 Å². The van der Waals surface area contributed by atoms with Crippen molar-refractivity contribution in [3.05, 3.63) is 53.2 Å². The maximum Gasteiger partial charge on any atom is 0.260 e. The molecule has 0 bridgehead atoms. The average Bonchev–Trinajstić information content (AvgIpc) is 2.42. The van der Waals surface area contributed by atoms with Gasteiger partial charge in [-0.2, -0.15) is 0 Å². The van der Waals surface area contributed by atoms with Crippen molar-refractivity contribution in [1.29, 1.82) is 0 Å². The summed E-state index contributed by atoms with van der Waals surface area (Å²) >= 11 is 0.